The highest BCUT2D eigenvalue weighted by Gasteiger charge is 2.05. The topological polar surface area (TPSA) is 42.0 Å². The molecule has 0 aliphatic carbocycles. The van der Waals surface area contributed by atoms with Gasteiger partial charge in [0.1, 0.15) is 0 Å². The molecule has 3 nitrogen and oxygen atoms in total. The third kappa shape index (κ3) is 2.86. The van der Waals surface area contributed by atoms with Crippen molar-refractivity contribution in [3.63, 3.8) is 0 Å². The van der Waals surface area contributed by atoms with Gasteiger partial charge in [-0.1, -0.05) is 6.07 Å². The predicted molar refractivity (Wildman–Crippen MR) is 72.1 cm³/mol. The van der Waals surface area contributed by atoms with Gasteiger partial charge in [0.25, 0.3) is 5.91 Å². The number of aromatic nitrogens is 1. The summed E-state index contributed by atoms with van der Waals surface area (Å²) in [4.78, 5) is 16.1. The molecule has 90 valence electrons. The molecule has 0 saturated carbocycles. The highest BCUT2D eigenvalue weighted by atomic mass is 16.1. The first-order valence-corrected chi connectivity index (χ1v) is 5.84. The molecule has 0 fully saturated rings. The Balaban J connectivity index is 2.09. The molecule has 0 unspecified atom stereocenters. The molecule has 1 heterocycles. The third-order valence-electron chi connectivity index (χ3n) is 2.58. The van der Waals surface area contributed by atoms with Crippen molar-refractivity contribution in [2.45, 2.75) is 13.3 Å². The summed E-state index contributed by atoms with van der Waals surface area (Å²) in [6.07, 6.45) is 2.42. The van der Waals surface area contributed by atoms with E-state index in [0.29, 0.717) is 18.5 Å². The molecule has 18 heavy (non-hydrogen) atoms. The highest BCUT2D eigenvalue weighted by molar-refractivity contribution is 5.97. The Morgan fingerprint density at radius 1 is 1.39 bits per heavy atom. The van der Waals surface area contributed by atoms with Crippen LogP contribution in [0, 0.1) is 11.8 Å². The van der Waals surface area contributed by atoms with Gasteiger partial charge in [0.2, 0.25) is 0 Å². The number of hydrogen-bond donors (Lipinski definition) is 1. The number of carbonyl (C=O) groups is 1. The fourth-order valence-corrected chi connectivity index (χ4v) is 1.68. The second-order valence-electron chi connectivity index (χ2n) is 3.84. The zero-order valence-corrected chi connectivity index (χ0v) is 10.2. The van der Waals surface area contributed by atoms with E-state index in [4.69, 9.17) is 0 Å². The van der Waals surface area contributed by atoms with Crippen molar-refractivity contribution in [1.29, 1.82) is 0 Å². The van der Waals surface area contributed by atoms with Crippen LogP contribution >= 0.6 is 0 Å². The Labute approximate surface area is 106 Å². The quantitative estimate of drug-likeness (QED) is 0.659. The molecular weight excluding hydrogens is 224 g/mol. The molecule has 0 atom stereocenters. The van der Waals surface area contributed by atoms with Gasteiger partial charge in [0.05, 0.1) is 5.52 Å². The maximum absolute atomic E-state index is 11.9. The number of fused-ring (bicyclic) bond motifs is 1. The van der Waals surface area contributed by atoms with Crippen LogP contribution in [0.5, 0.6) is 0 Å². The lowest BCUT2D eigenvalue weighted by atomic mass is 10.1. The lowest BCUT2D eigenvalue weighted by Gasteiger charge is -2.04. The molecule has 0 saturated heterocycles. The standard InChI is InChI=1S/C15H14N2O/c1-2-3-4-9-17-15(18)13-7-8-14-12(11-13)6-5-10-16-14/h5-8,10-11H,4,9H2,1H3,(H,17,18). The molecule has 0 aliphatic rings. The van der Waals surface area contributed by atoms with Gasteiger partial charge in [0.15, 0.2) is 0 Å². The largest absolute Gasteiger partial charge is 0.351 e. The van der Waals surface area contributed by atoms with Crippen LogP contribution in [0.15, 0.2) is 36.5 Å². The lowest BCUT2D eigenvalue weighted by molar-refractivity contribution is 0.0954. The zero-order valence-electron chi connectivity index (χ0n) is 10.2. The number of carbonyl (C=O) groups excluding carboxylic acids is 1. The highest BCUT2D eigenvalue weighted by Crippen LogP contribution is 2.13. The molecule has 2 rings (SSSR count). The molecule has 0 radical (unpaired) electrons. The van der Waals surface area contributed by atoms with Crippen molar-refractivity contribution in [2.24, 2.45) is 0 Å². The number of nitrogens with zero attached hydrogens (tertiary/aromatic N) is 1. The van der Waals surface area contributed by atoms with Gasteiger partial charge in [0, 0.05) is 30.1 Å². The molecule has 2 aromatic rings. The van der Waals surface area contributed by atoms with E-state index in [9.17, 15) is 4.79 Å². The molecule has 0 spiro atoms. The summed E-state index contributed by atoms with van der Waals surface area (Å²) in [6.45, 7) is 2.36. The zero-order chi connectivity index (χ0) is 12.8. The molecular formula is C15H14N2O. The van der Waals surface area contributed by atoms with Crippen molar-refractivity contribution in [3.05, 3.63) is 42.1 Å². The normalized spacial score (nSPS) is 9.61. The lowest BCUT2D eigenvalue weighted by Crippen LogP contribution is -2.24. The SMILES string of the molecule is CC#CCCNC(=O)c1ccc2ncccc2c1. The minimum absolute atomic E-state index is 0.0707. The van der Waals surface area contributed by atoms with E-state index in [1.807, 2.05) is 24.3 Å². The summed E-state index contributed by atoms with van der Waals surface area (Å²) in [7, 11) is 0. The Bertz CT molecular complexity index is 623. The average Bonchev–Trinajstić information content (AvgIpc) is 2.43. The first-order valence-electron chi connectivity index (χ1n) is 5.84. The minimum atomic E-state index is -0.0707. The first-order chi connectivity index (χ1) is 8.81. The molecule has 3 heteroatoms. The number of benzene rings is 1. The molecule has 0 aliphatic heterocycles. The van der Waals surface area contributed by atoms with Gasteiger partial charge in [-0.25, -0.2) is 0 Å². The van der Waals surface area contributed by atoms with Crippen molar-refractivity contribution >= 4 is 16.8 Å². The molecule has 1 N–H and O–H groups in total. The fraction of sp³-hybridized carbons (Fsp3) is 0.200. The second-order valence-corrected chi connectivity index (χ2v) is 3.84. The summed E-state index contributed by atoms with van der Waals surface area (Å²) < 4.78 is 0. The number of hydrogen-bond acceptors (Lipinski definition) is 2. The molecule has 1 amide bonds. The summed E-state index contributed by atoms with van der Waals surface area (Å²) in [6, 6.07) is 9.30. The van der Waals surface area contributed by atoms with Crippen LogP contribution in [0.3, 0.4) is 0 Å². The summed E-state index contributed by atoms with van der Waals surface area (Å²) >= 11 is 0. The van der Waals surface area contributed by atoms with Crippen LogP contribution in [0.1, 0.15) is 23.7 Å². The summed E-state index contributed by atoms with van der Waals surface area (Å²) in [5.41, 5.74) is 1.55. The second kappa shape index (κ2) is 5.83. The maximum Gasteiger partial charge on any atom is 0.251 e. The van der Waals surface area contributed by atoms with E-state index < -0.39 is 0 Å². The van der Waals surface area contributed by atoms with E-state index in [1.165, 1.54) is 0 Å². The van der Waals surface area contributed by atoms with E-state index in [0.717, 1.165) is 10.9 Å². The predicted octanol–water partition coefficient (Wildman–Crippen LogP) is 2.38. The van der Waals surface area contributed by atoms with Gasteiger partial charge in [-0.05, 0) is 31.2 Å². The minimum Gasteiger partial charge on any atom is -0.351 e. The Kier molecular flexibility index (Phi) is 3.93. The van der Waals surface area contributed by atoms with Crippen LogP contribution in [0.25, 0.3) is 10.9 Å². The van der Waals surface area contributed by atoms with Gasteiger partial charge < -0.3 is 5.32 Å². The van der Waals surface area contributed by atoms with Crippen LogP contribution < -0.4 is 5.32 Å². The van der Waals surface area contributed by atoms with E-state index in [-0.39, 0.29) is 5.91 Å². The third-order valence-corrected chi connectivity index (χ3v) is 2.58. The number of rotatable bonds is 3. The first kappa shape index (κ1) is 12.1. The maximum atomic E-state index is 11.9. The smallest absolute Gasteiger partial charge is 0.251 e. The molecule has 1 aromatic carbocycles. The Hall–Kier alpha value is -2.34. The van der Waals surface area contributed by atoms with Crippen molar-refractivity contribution in [3.8, 4) is 11.8 Å². The molecule has 1 aromatic heterocycles. The van der Waals surface area contributed by atoms with E-state index in [1.54, 1.807) is 19.2 Å². The van der Waals surface area contributed by atoms with Crippen molar-refractivity contribution in [2.75, 3.05) is 6.54 Å². The van der Waals surface area contributed by atoms with Gasteiger partial charge in [-0.3, -0.25) is 9.78 Å². The van der Waals surface area contributed by atoms with Crippen LogP contribution in [0.4, 0.5) is 0 Å². The van der Waals surface area contributed by atoms with Gasteiger partial charge >= 0.3 is 0 Å². The van der Waals surface area contributed by atoms with E-state index >= 15 is 0 Å². The van der Waals surface area contributed by atoms with Crippen LogP contribution in [0.2, 0.25) is 0 Å². The molecule has 0 bridgehead atoms. The number of pyridine rings is 1. The van der Waals surface area contributed by atoms with Gasteiger partial charge in [-0.2, -0.15) is 0 Å². The van der Waals surface area contributed by atoms with Crippen LogP contribution in [-0.2, 0) is 0 Å². The number of nitrogens with one attached hydrogen (secondary N) is 1. The fourth-order valence-electron chi connectivity index (χ4n) is 1.68. The average molecular weight is 238 g/mol. The number of amides is 1. The van der Waals surface area contributed by atoms with Crippen LogP contribution in [-0.4, -0.2) is 17.4 Å². The summed E-state index contributed by atoms with van der Waals surface area (Å²) in [5, 5.41) is 3.81. The van der Waals surface area contributed by atoms with Gasteiger partial charge in [-0.15, -0.1) is 11.8 Å². The summed E-state index contributed by atoms with van der Waals surface area (Å²) in [5.74, 6) is 5.64. The monoisotopic (exact) mass is 238 g/mol. The Morgan fingerprint density at radius 2 is 2.28 bits per heavy atom. The van der Waals surface area contributed by atoms with E-state index in [2.05, 4.69) is 22.1 Å². The van der Waals surface area contributed by atoms with Crippen molar-refractivity contribution in [1.82, 2.24) is 10.3 Å². The van der Waals surface area contributed by atoms with Crippen molar-refractivity contribution < 1.29 is 4.79 Å². The Morgan fingerprint density at radius 3 is 3.11 bits per heavy atom.